The first kappa shape index (κ1) is 18.4. The number of carbonyl (C=O) groups is 2. The Labute approximate surface area is 160 Å². The number of thioether (sulfide) groups is 1. The highest BCUT2D eigenvalue weighted by Gasteiger charge is 2.24. The quantitative estimate of drug-likeness (QED) is 0.557. The van der Waals surface area contributed by atoms with E-state index in [1.807, 2.05) is 42.5 Å². The molecule has 1 fully saturated rings. The van der Waals surface area contributed by atoms with Crippen molar-refractivity contribution < 1.29 is 19.1 Å². The number of hydrogen-bond donors (Lipinski definition) is 1. The largest absolute Gasteiger partial charge is 0.493 e. The number of nitrogens with one attached hydrogen (secondary N) is 1. The number of benzene rings is 2. The molecule has 1 aliphatic rings. The highest BCUT2D eigenvalue weighted by molar-refractivity contribution is 8.18. The van der Waals surface area contributed by atoms with E-state index in [4.69, 9.17) is 21.1 Å². The molecule has 0 atom stereocenters. The Morgan fingerprint density at radius 1 is 1.00 bits per heavy atom. The van der Waals surface area contributed by atoms with Gasteiger partial charge in [-0.15, -0.1) is 0 Å². The Hall–Kier alpha value is -2.44. The molecule has 1 heterocycles. The van der Waals surface area contributed by atoms with E-state index < -0.39 is 0 Å². The summed E-state index contributed by atoms with van der Waals surface area (Å²) in [6.07, 6.45) is 2.39. The van der Waals surface area contributed by atoms with Gasteiger partial charge in [0, 0.05) is 6.42 Å². The molecule has 134 valence electrons. The van der Waals surface area contributed by atoms with Gasteiger partial charge in [-0.2, -0.15) is 0 Å². The predicted molar refractivity (Wildman–Crippen MR) is 103 cm³/mol. The zero-order chi connectivity index (χ0) is 18.4. The number of imide groups is 1. The van der Waals surface area contributed by atoms with E-state index in [-0.39, 0.29) is 11.1 Å². The molecule has 0 radical (unpaired) electrons. The third-order valence-electron chi connectivity index (χ3n) is 3.47. The fraction of sp³-hybridized carbons (Fsp3) is 0.158. The Bertz CT molecular complexity index is 836. The Kier molecular flexibility index (Phi) is 6.20. The van der Waals surface area contributed by atoms with Crippen molar-refractivity contribution in [3.63, 3.8) is 0 Å². The zero-order valence-corrected chi connectivity index (χ0v) is 15.3. The molecule has 26 heavy (non-hydrogen) atoms. The van der Waals surface area contributed by atoms with Crippen molar-refractivity contribution in [2.75, 3.05) is 13.2 Å². The fourth-order valence-corrected chi connectivity index (χ4v) is 3.10. The average Bonchev–Trinajstić information content (AvgIpc) is 2.95. The summed E-state index contributed by atoms with van der Waals surface area (Å²) in [4.78, 5) is 23.0. The van der Waals surface area contributed by atoms with Crippen LogP contribution in [0.2, 0.25) is 5.02 Å². The van der Waals surface area contributed by atoms with Crippen molar-refractivity contribution in [2.24, 2.45) is 0 Å². The number of para-hydroxylation sites is 1. The second-order valence-corrected chi connectivity index (χ2v) is 6.82. The van der Waals surface area contributed by atoms with Gasteiger partial charge in [0.05, 0.1) is 23.1 Å². The van der Waals surface area contributed by atoms with Gasteiger partial charge in [-0.1, -0.05) is 35.9 Å². The molecule has 1 N–H and O–H groups in total. The second-order valence-electron chi connectivity index (χ2n) is 5.40. The topological polar surface area (TPSA) is 64.6 Å². The molecule has 2 aromatic carbocycles. The molecule has 0 spiro atoms. The summed E-state index contributed by atoms with van der Waals surface area (Å²) < 4.78 is 11.3. The molecule has 7 heteroatoms. The monoisotopic (exact) mass is 389 g/mol. The van der Waals surface area contributed by atoms with E-state index in [9.17, 15) is 9.59 Å². The Balaban J connectivity index is 1.43. The summed E-state index contributed by atoms with van der Waals surface area (Å²) in [7, 11) is 0. The smallest absolute Gasteiger partial charge is 0.290 e. The van der Waals surface area contributed by atoms with Crippen molar-refractivity contribution in [3.8, 4) is 11.5 Å². The standard InChI is InChI=1S/C19H16ClNO4S/c20-15-4-1-2-5-16(15)25-11-3-10-24-14-8-6-13(7-9-14)12-17-18(22)21-19(23)26-17/h1-2,4-9,12H,3,10-11H2,(H,21,22,23). The van der Waals surface area contributed by atoms with Crippen LogP contribution in [-0.4, -0.2) is 24.4 Å². The normalized spacial score (nSPS) is 15.2. The molecule has 0 aromatic heterocycles. The first-order valence-electron chi connectivity index (χ1n) is 7.97. The molecule has 0 aliphatic carbocycles. The molecule has 3 rings (SSSR count). The minimum atomic E-state index is -0.362. The summed E-state index contributed by atoms with van der Waals surface area (Å²) >= 11 is 6.92. The molecule has 1 aliphatic heterocycles. The third kappa shape index (κ3) is 5.03. The van der Waals surface area contributed by atoms with E-state index in [2.05, 4.69) is 5.32 Å². The fourth-order valence-electron chi connectivity index (χ4n) is 2.23. The van der Waals surface area contributed by atoms with Crippen molar-refractivity contribution >= 4 is 40.6 Å². The molecule has 5 nitrogen and oxygen atoms in total. The van der Waals surface area contributed by atoms with Crippen molar-refractivity contribution in [1.82, 2.24) is 5.32 Å². The molecule has 0 saturated carbocycles. The number of rotatable bonds is 7. The van der Waals surface area contributed by atoms with Crippen molar-refractivity contribution in [2.45, 2.75) is 6.42 Å². The maximum atomic E-state index is 11.5. The molecule has 0 unspecified atom stereocenters. The van der Waals surface area contributed by atoms with Crippen LogP contribution < -0.4 is 14.8 Å². The van der Waals surface area contributed by atoms with Gasteiger partial charge in [-0.3, -0.25) is 14.9 Å². The van der Waals surface area contributed by atoms with E-state index in [0.717, 1.165) is 29.5 Å². The lowest BCUT2D eigenvalue weighted by molar-refractivity contribution is -0.115. The van der Waals surface area contributed by atoms with Crippen molar-refractivity contribution in [1.29, 1.82) is 0 Å². The first-order valence-corrected chi connectivity index (χ1v) is 9.16. The Morgan fingerprint density at radius 3 is 2.42 bits per heavy atom. The molecule has 2 amide bonds. The Morgan fingerprint density at radius 2 is 1.73 bits per heavy atom. The van der Waals surface area contributed by atoms with Crippen molar-refractivity contribution in [3.05, 3.63) is 64.0 Å². The number of carbonyl (C=O) groups excluding carboxylic acids is 2. The van der Waals surface area contributed by atoms with Gasteiger partial charge in [-0.25, -0.2) is 0 Å². The first-order chi connectivity index (χ1) is 12.6. The molecular formula is C19H16ClNO4S. The summed E-state index contributed by atoms with van der Waals surface area (Å²) in [5, 5.41) is 2.47. The van der Waals surface area contributed by atoms with E-state index in [1.54, 1.807) is 12.1 Å². The minimum absolute atomic E-state index is 0.347. The van der Waals surface area contributed by atoms with Gasteiger partial charge in [-0.05, 0) is 47.7 Å². The number of amides is 2. The molecule has 0 bridgehead atoms. The number of halogens is 1. The van der Waals surface area contributed by atoms with Crippen LogP contribution in [0.25, 0.3) is 6.08 Å². The second kappa shape index (κ2) is 8.78. The van der Waals surface area contributed by atoms with Crippen LogP contribution in [0.5, 0.6) is 11.5 Å². The summed E-state index contributed by atoms with van der Waals surface area (Å²) in [5.41, 5.74) is 0.826. The molecule has 1 saturated heterocycles. The lowest BCUT2D eigenvalue weighted by Crippen LogP contribution is -2.17. The van der Waals surface area contributed by atoms with Crippen LogP contribution in [0.1, 0.15) is 12.0 Å². The SMILES string of the molecule is O=C1NC(=O)C(=Cc2ccc(OCCCOc3ccccc3Cl)cc2)S1. The summed E-state index contributed by atoms with van der Waals surface area (Å²) in [6.45, 7) is 1.02. The lowest BCUT2D eigenvalue weighted by atomic mass is 10.2. The van der Waals surface area contributed by atoms with Crippen LogP contribution >= 0.6 is 23.4 Å². The van der Waals surface area contributed by atoms with Crippen LogP contribution in [0, 0.1) is 0 Å². The lowest BCUT2D eigenvalue weighted by Gasteiger charge is -2.09. The van der Waals surface area contributed by atoms with Gasteiger partial charge in [0.15, 0.2) is 0 Å². The van der Waals surface area contributed by atoms with E-state index in [0.29, 0.717) is 28.9 Å². The van der Waals surface area contributed by atoms with E-state index >= 15 is 0 Å². The minimum Gasteiger partial charge on any atom is -0.493 e. The maximum Gasteiger partial charge on any atom is 0.290 e. The van der Waals surface area contributed by atoms with Crippen LogP contribution in [0.3, 0.4) is 0 Å². The average molecular weight is 390 g/mol. The molecule has 2 aromatic rings. The van der Waals surface area contributed by atoms with Gasteiger partial charge in [0.1, 0.15) is 11.5 Å². The number of ether oxygens (including phenoxy) is 2. The van der Waals surface area contributed by atoms with Crippen LogP contribution in [0.4, 0.5) is 4.79 Å². The van der Waals surface area contributed by atoms with Gasteiger partial charge in [0.2, 0.25) is 0 Å². The van der Waals surface area contributed by atoms with Gasteiger partial charge in [0.25, 0.3) is 11.1 Å². The maximum absolute atomic E-state index is 11.5. The van der Waals surface area contributed by atoms with Gasteiger partial charge >= 0.3 is 0 Å². The molecular weight excluding hydrogens is 374 g/mol. The van der Waals surface area contributed by atoms with Gasteiger partial charge < -0.3 is 9.47 Å². The van der Waals surface area contributed by atoms with E-state index in [1.165, 1.54) is 0 Å². The highest BCUT2D eigenvalue weighted by atomic mass is 35.5. The predicted octanol–water partition coefficient (Wildman–Crippen LogP) is 4.51. The van der Waals surface area contributed by atoms with Crippen LogP contribution in [0.15, 0.2) is 53.4 Å². The highest BCUT2D eigenvalue weighted by Crippen LogP contribution is 2.26. The zero-order valence-electron chi connectivity index (χ0n) is 13.7. The summed E-state index contributed by atoms with van der Waals surface area (Å²) in [6, 6.07) is 14.6. The number of hydrogen-bond acceptors (Lipinski definition) is 5. The summed E-state index contributed by atoms with van der Waals surface area (Å²) in [5.74, 6) is 1.03. The third-order valence-corrected chi connectivity index (χ3v) is 4.59. The van der Waals surface area contributed by atoms with Crippen LogP contribution in [-0.2, 0) is 4.79 Å².